The molecule has 12 heavy (non-hydrogen) atoms. The molecule has 0 bridgehead atoms. The average molecular weight is 169 g/mol. The van der Waals surface area contributed by atoms with Crippen molar-refractivity contribution in [1.82, 2.24) is 5.32 Å². The van der Waals surface area contributed by atoms with Gasteiger partial charge in [-0.05, 0) is 20.8 Å². The van der Waals surface area contributed by atoms with E-state index in [9.17, 15) is 0 Å². The minimum atomic E-state index is -0.0339. The van der Waals surface area contributed by atoms with Crippen LogP contribution in [-0.2, 0) is 4.74 Å². The summed E-state index contributed by atoms with van der Waals surface area (Å²) in [5.41, 5.74) is -0.0339. The minimum Gasteiger partial charge on any atom is -0.375 e. The first kappa shape index (κ1) is 11.5. The van der Waals surface area contributed by atoms with E-state index in [1.165, 1.54) is 0 Å². The quantitative estimate of drug-likeness (QED) is 0.496. The van der Waals surface area contributed by atoms with Crippen LogP contribution in [0.15, 0.2) is 0 Å². The Hall–Kier alpha value is -0.520. The molecule has 0 aliphatic rings. The molecule has 0 radical (unpaired) electrons. The Morgan fingerprint density at radius 1 is 1.33 bits per heavy atom. The van der Waals surface area contributed by atoms with Crippen molar-refractivity contribution in [3.05, 3.63) is 0 Å². The second-order valence-electron chi connectivity index (χ2n) is 3.66. The monoisotopic (exact) mass is 169 g/mol. The van der Waals surface area contributed by atoms with Gasteiger partial charge < -0.3 is 10.1 Å². The molecule has 0 amide bonds. The summed E-state index contributed by atoms with van der Waals surface area (Å²) in [7, 11) is 0. The van der Waals surface area contributed by atoms with Crippen LogP contribution < -0.4 is 5.32 Å². The fourth-order valence-corrected chi connectivity index (χ4v) is 0.715. The Morgan fingerprint density at radius 3 is 2.50 bits per heavy atom. The van der Waals surface area contributed by atoms with E-state index in [1.54, 1.807) is 0 Å². The highest BCUT2D eigenvalue weighted by atomic mass is 16.5. The summed E-state index contributed by atoms with van der Waals surface area (Å²) in [6, 6.07) is 0. The van der Waals surface area contributed by atoms with E-state index >= 15 is 0 Å². The zero-order valence-corrected chi connectivity index (χ0v) is 8.31. The van der Waals surface area contributed by atoms with Crippen molar-refractivity contribution in [2.45, 2.75) is 32.8 Å². The summed E-state index contributed by atoms with van der Waals surface area (Å²) in [5.74, 6) is 2.57. The largest absolute Gasteiger partial charge is 0.375 e. The van der Waals surface area contributed by atoms with Gasteiger partial charge in [0.1, 0.15) is 0 Å². The Morgan fingerprint density at radius 2 is 2.00 bits per heavy atom. The zero-order valence-electron chi connectivity index (χ0n) is 8.31. The van der Waals surface area contributed by atoms with Crippen LogP contribution in [0.25, 0.3) is 0 Å². The van der Waals surface area contributed by atoms with E-state index in [4.69, 9.17) is 11.2 Å². The molecule has 0 aliphatic carbocycles. The highest BCUT2D eigenvalue weighted by Gasteiger charge is 2.08. The zero-order chi connectivity index (χ0) is 9.45. The topological polar surface area (TPSA) is 21.3 Å². The van der Waals surface area contributed by atoms with Gasteiger partial charge in [0.15, 0.2) is 0 Å². The lowest BCUT2D eigenvalue weighted by atomic mass is 10.2. The fraction of sp³-hybridized carbons (Fsp3) is 0.800. The molecule has 2 nitrogen and oxygen atoms in total. The Bertz CT molecular complexity index is 141. The van der Waals surface area contributed by atoms with Crippen LogP contribution in [0.5, 0.6) is 0 Å². The average Bonchev–Trinajstić information content (AvgIpc) is 1.94. The van der Waals surface area contributed by atoms with E-state index in [-0.39, 0.29) is 5.60 Å². The first-order valence-electron chi connectivity index (χ1n) is 4.34. The molecule has 70 valence electrons. The van der Waals surface area contributed by atoms with Crippen LogP contribution in [-0.4, -0.2) is 25.3 Å². The lowest BCUT2D eigenvalue weighted by Gasteiger charge is -2.19. The van der Waals surface area contributed by atoms with Gasteiger partial charge in [-0.2, -0.15) is 0 Å². The summed E-state index contributed by atoms with van der Waals surface area (Å²) < 4.78 is 5.50. The Balaban J connectivity index is 3.07. The number of terminal acetylenes is 1. The van der Waals surface area contributed by atoms with Crippen LogP contribution in [0, 0.1) is 12.3 Å². The maximum atomic E-state index is 5.50. The van der Waals surface area contributed by atoms with Crippen molar-refractivity contribution in [2.75, 3.05) is 19.7 Å². The van der Waals surface area contributed by atoms with Gasteiger partial charge in [-0.1, -0.05) is 0 Å². The maximum absolute atomic E-state index is 5.50. The van der Waals surface area contributed by atoms with E-state index in [2.05, 4.69) is 32.0 Å². The van der Waals surface area contributed by atoms with E-state index in [0.29, 0.717) is 0 Å². The third kappa shape index (κ3) is 9.48. The van der Waals surface area contributed by atoms with Gasteiger partial charge >= 0.3 is 0 Å². The molecule has 0 saturated heterocycles. The number of hydrogen-bond acceptors (Lipinski definition) is 2. The number of nitrogens with one attached hydrogen (secondary N) is 1. The molecule has 0 aromatic heterocycles. The lowest BCUT2D eigenvalue weighted by Crippen LogP contribution is -2.27. The van der Waals surface area contributed by atoms with Gasteiger partial charge in [-0.15, -0.1) is 12.3 Å². The molecule has 0 rings (SSSR count). The highest BCUT2D eigenvalue weighted by molar-refractivity contribution is 4.83. The van der Waals surface area contributed by atoms with Crippen LogP contribution >= 0.6 is 0 Å². The standard InChI is InChI=1S/C10H19NO/c1-5-6-7-11-8-9-12-10(2,3)4/h1,11H,6-9H2,2-4H3. The molecule has 0 heterocycles. The third-order valence-electron chi connectivity index (χ3n) is 1.26. The van der Waals surface area contributed by atoms with Crippen molar-refractivity contribution in [3.8, 4) is 12.3 Å². The molecule has 0 aromatic carbocycles. The molecule has 0 atom stereocenters. The van der Waals surface area contributed by atoms with Crippen molar-refractivity contribution >= 4 is 0 Å². The number of ether oxygens (including phenoxy) is 1. The molecule has 2 heteroatoms. The predicted octanol–water partition coefficient (Wildman–Crippen LogP) is 1.41. The van der Waals surface area contributed by atoms with E-state index in [1.807, 2.05) is 0 Å². The molecule has 1 N–H and O–H groups in total. The summed E-state index contributed by atoms with van der Waals surface area (Å²) >= 11 is 0. The van der Waals surface area contributed by atoms with Crippen molar-refractivity contribution in [1.29, 1.82) is 0 Å². The van der Waals surface area contributed by atoms with E-state index in [0.717, 1.165) is 26.1 Å². The van der Waals surface area contributed by atoms with Gasteiger partial charge in [0.05, 0.1) is 12.2 Å². The summed E-state index contributed by atoms with van der Waals surface area (Å²) in [6.07, 6.45) is 5.88. The van der Waals surface area contributed by atoms with Crippen LogP contribution in [0.4, 0.5) is 0 Å². The van der Waals surface area contributed by atoms with Crippen LogP contribution in [0.3, 0.4) is 0 Å². The molecule has 0 saturated carbocycles. The van der Waals surface area contributed by atoms with Gasteiger partial charge in [0, 0.05) is 19.5 Å². The number of hydrogen-bond donors (Lipinski definition) is 1. The maximum Gasteiger partial charge on any atom is 0.0599 e. The first-order valence-corrected chi connectivity index (χ1v) is 4.34. The summed E-state index contributed by atoms with van der Waals surface area (Å²) in [5, 5.41) is 3.19. The Labute approximate surface area is 75.7 Å². The second-order valence-corrected chi connectivity index (χ2v) is 3.66. The summed E-state index contributed by atoms with van der Waals surface area (Å²) in [4.78, 5) is 0. The molecular weight excluding hydrogens is 150 g/mol. The van der Waals surface area contributed by atoms with Gasteiger partial charge in [0.2, 0.25) is 0 Å². The first-order chi connectivity index (χ1) is 5.56. The lowest BCUT2D eigenvalue weighted by molar-refractivity contribution is -0.000687. The van der Waals surface area contributed by atoms with Gasteiger partial charge in [-0.25, -0.2) is 0 Å². The van der Waals surface area contributed by atoms with Crippen molar-refractivity contribution < 1.29 is 4.74 Å². The van der Waals surface area contributed by atoms with Crippen LogP contribution in [0.2, 0.25) is 0 Å². The summed E-state index contributed by atoms with van der Waals surface area (Å²) in [6.45, 7) is 8.65. The Kier molecular flexibility index (Phi) is 5.79. The minimum absolute atomic E-state index is 0.0339. The normalized spacial score (nSPS) is 11.2. The van der Waals surface area contributed by atoms with E-state index < -0.39 is 0 Å². The fourth-order valence-electron chi connectivity index (χ4n) is 0.715. The van der Waals surface area contributed by atoms with Crippen molar-refractivity contribution in [2.24, 2.45) is 0 Å². The SMILES string of the molecule is C#CCCNCCOC(C)(C)C. The van der Waals surface area contributed by atoms with Crippen molar-refractivity contribution in [3.63, 3.8) is 0 Å². The smallest absolute Gasteiger partial charge is 0.0599 e. The predicted molar refractivity (Wildman–Crippen MR) is 52.0 cm³/mol. The van der Waals surface area contributed by atoms with Gasteiger partial charge in [-0.3, -0.25) is 0 Å². The molecule has 0 fully saturated rings. The highest BCUT2D eigenvalue weighted by Crippen LogP contribution is 2.04. The van der Waals surface area contributed by atoms with Gasteiger partial charge in [0.25, 0.3) is 0 Å². The number of rotatable bonds is 5. The molecule has 0 aromatic rings. The molecule has 0 unspecified atom stereocenters. The second kappa shape index (κ2) is 6.05. The molecule has 0 aliphatic heterocycles. The third-order valence-corrected chi connectivity index (χ3v) is 1.26. The van der Waals surface area contributed by atoms with Crippen LogP contribution in [0.1, 0.15) is 27.2 Å². The molecular formula is C10H19NO. The molecule has 0 spiro atoms.